The number of hydrogen-bond donors (Lipinski definition) is 0. The van der Waals surface area contributed by atoms with E-state index in [0.717, 1.165) is 27.9 Å². The Hall–Kier alpha value is -3.37. The second kappa shape index (κ2) is 8.05. The molecular weight excluding hydrogens is 408 g/mol. The summed E-state index contributed by atoms with van der Waals surface area (Å²) in [6.07, 6.45) is 0. The van der Waals surface area contributed by atoms with Gasteiger partial charge in [-0.25, -0.2) is 4.90 Å². The quantitative estimate of drug-likeness (QED) is 0.499. The van der Waals surface area contributed by atoms with Gasteiger partial charge in [-0.3, -0.25) is 9.59 Å². The van der Waals surface area contributed by atoms with Crippen LogP contribution in [0.2, 0.25) is 5.02 Å². The zero-order valence-corrected chi connectivity index (χ0v) is 18.7. The molecule has 0 N–H and O–H groups in total. The monoisotopic (exact) mass is 430 g/mol. The van der Waals surface area contributed by atoms with Crippen molar-refractivity contribution in [3.05, 3.63) is 99.7 Å². The van der Waals surface area contributed by atoms with E-state index >= 15 is 0 Å². The number of nitrogens with zero attached hydrogens (tertiary/aromatic N) is 2. The molecule has 0 fully saturated rings. The minimum Gasteiger partial charge on any atom is -0.339 e. The lowest BCUT2D eigenvalue weighted by Gasteiger charge is -2.22. The molecule has 0 atom stereocenters. The summed E-state index contributed by atoms with van der Waals surface area (Å²) in [5.74, 6) is -0.711. The number of halogens is 1. The van der Waals surface area contributed by atoms with E-state index in [0.29, 0.717) is 22.0 Å². The molecule has 0 spiro atoms. The van der Waals surface area contributed by atoms with E-state index < -0.39 is 0 Å². The number of likely N-dealkylation sites (N-methyl/N-ethyl adjacent to an activating group) is 1. The molecule has 0 radical (unpaired) electrons. The van der Waals surface area contributed by atoms with Crippen molar-refractivity contribution >= 4 is 40.4 Å². The predicted octanol–water partition coefficient (Wildman–Crippen LogP) is 5.69. The Labute approximate surface area is 187 Å². The number of carbonyl (C=O) groups is 2. The molecule has 156 valence electrons. The van der Waals surface area contributed by atoms with Gasteiger partial charge in [-0.2, -0.15) is 0 Å². The number of benzene rings is 3. The molecule has 0 aliphatic carbocycles. The number of hydrogen-bond acceptors (Lipinski definition) is 3. The van der Waals surface area contributed by atoms with Crippen molar-refractivity contribution < 1.29 is 9.59 Å². The molecule has 0 aromatic heterocycles. The summed E-state index contributed by atoms with van der Waals surface area (Å²) >= 11 is 6.21. The van der Waals surface area contributed by atoms with Gasteiger partial charge < -0.3 is 4.90 Å². The predicted molar refractivity (Wildman–Crippen MR) is 126 cm³/mol. The number of carbonyl (C=O) groups excluding carboxylic acids is 2. The molecule has 4 rings (SSSR count). The van der Waals surface area contributed by atoms with Crippen molar-refractivity contribution in [2.45, 2.75) is 20.8 Å². The molecule has 0 bridgehead atoms. The second-order valence-electron chi connectivity index (χ2n) is 7.81. The van der Waals surface area contributed by atoms with Crippen LogP contribution in [0.25, 0.3) is 5.57 Å². The van der Waals surface area contributed by atoms with Crippen molar-refractivity contribution in [1.82, 2.24) is 0 Å². The van der Waals surface area contributed by atoms with Crippen LogP contribution in [0.5, 0.6) is 0 Å². The maximum absolute atomic E-state index is 13.7. The van der Waals surface area contributed by atoms with Crippen LogP contribution >= 0.6 is 11.6 Å². The molecule has 1 aliphatic heterocycles. The van der Waals surface area contributed by atoms with E-state index in [1.165, 1.54) is 4.90 Å². The van der Waals surface area contributed by atoms with Crippen LogP contribution in [0.15, 0.2) is 72.4 Å². The highest BCUT2D eigenvalue weighted by Gasteiger charge is 2.43. The summed E-state index contributed by atoms with van der Waals surface area (Å²) in [5.41, 5.74) is 5.67. The van der Waals surface area contributed by atoms with Gasteiger partial charge in [-0.15, -0.1) is 0 Å². The van der Waals surface area contributed by atoms with Crippen LogP contribution in [0.1, 0.15) is 22.3 Å². The molecule has 4 nitrogen and oxygen atoms in total. The number of aryl methyl sites for hydroxylation is 3. The second-order valence-corrected chi connectivity index (χ2v) is 8.25. The lowest BCUT2D eigenvalue weighted by molar-refractivity contribution is -0.120. The summed E-state index contributed by atoms with van der Waals surface area (Å²) in [5, 5.41) is 0.471. The van der Waals surface area contributed by atoms with Gasteiger partial charge in [0.2, 0.25) is 0 Å². The lowest BCUT2D eigenvalue weighted by atomic mass is 9.97. The number of anilines is 2. The first-order chi connectivity index (χ1) is 14.8. The summed E-state index contributed by atoms with van der Waals surface area (Å²) in [7, 11) is 1.81. The van der Waals surface area contributed by atoms with Crippen molar-refractivity contribution in [2.75, 3.05) is 16.8 Å². The van der Waals surface area contributed by atoms with Crippen LogP contribution in [0.4, 0.5) is 11.4 Å². The number of para-hydroxylation sites is 1. The van der Waals surface area contributed by atoms with Gasteiger partial charge in [0.15, 0.2) is 0 Å². The van der Waals surface area contributed by atoms with Crippen molar-refractivity contribution in [3.63, 3.8) is 0 Å². The fraction of sp³-hybridized carbons (Fsp3) is 0.154. The maximum Gasteiger partial charge on any atom is 0.282 e. The van der Waals surface area contributed by atoms with Crippen LogP contribution in [-0.2, 0) is 9.59 Å². The van der Waals surface area contributed by atoms with Gasteiger partial charge in [0.25, 0.3) is 11.8 Å². The Balaban J connectivity index is 1.94. The van der Waals surface area contributed by atoms with Crippen LogP contribution in [0.3, 0.4) is 0 Å². The van der Waals surface area contributed by atoms with Crippen molar-refractivity contribution in [3.8, 4) is 0 Å². The van der Waals surface area contributed by atoms with E-state index in [4.69, 9.17) is 11.6 Å². The highest BCUT2D eigenvalue weighted by Crippen LogP contribution is 2.38. The molecular formula is C26H23ClN2O2. The molecule has 0 saturated heterocycles. The smallest absolute Gasteiger partial charge is 0.282 e. The van der Waals surface area contributed by atoms with Crippen molar-refractivity contribution in [2.24, 2.45) is 0 Å². The molecule has 0 saturated carbocycles. The SMILES string of the molecule is Cc1ccc(C2=C(N(C)c3ccccc3)C(=O)N(c3cc(Cl)ccc3C)C2=O)c(C)c1. The third-order valence-electron chi connectivity index (χ3n) is 5.60. The Morgan fingerprint density at radius 3 is 2.19 bits per heavy atom. The topological polar surface area (TPSA) is 40.6 Å². The van der Waals surface area contributed by atoms with Gasteiger partial charge in [-0.05, 0) is 61.7 Å². The Morgan fingerprint density at radius 1 is 0.806 bits per heavy atom. The first-order valence-corrected chi connectivity index (χ1v) is 10.4. The Morgan fingerprint density at radius 2 is 1.52 bits per heavy atom. The zero-order valence-electron chi connectivity index (χ0n) is 17.9. The van der Waals surface area contributed by atoms with Gasteiger partial charge in [0, 0.05) is 17.8 Å². The summed E-state index contributed by atoms with van der Waals surface area (Å²) in [6.45, 7) is 5.83. The summed E-state index contributed by atoms with van der Waals surface area (Å²) < 4.78 is 0. The molecule has 5 heteroatoms. The fourth-order valence-corrected chi connectivity index (χ4v) is 4.16. The highest BCUT2D eigenvalue weighted by atomic mass is 35.5. The largest absolute Gasteiger partial charge is 0.339 e. The summed E-state index contributed by atoms with van der Waals surface area (Å²) in [6, 6.07) is 20.7. The van der Waals surface area contributed by atoms with Gasteiger partial charge >= 0.3 is 0 Å². The minimum atomic E-state index is -0.364. The van der Waals surface area contributed by atoms with Crippen molar-refractivity contribution in [1.29, 1.82) is 0 Å². The zero-order chi connectivity index (χ0) is 22.3. The molecule has 3 aromatic rings. The maximum atomic E-state index is 13.7. The third kappa shape index (κ3) is 3.64. The van der Waals surface area contributed by atoms with E-state index in [1.807, 2.05) is 82.4 Å². The number of amides is 2. The molecule has 1 aliphatic rings. The standard InChI is InChI=1S/C26H23ClN2O2/c1-16-10-13-21(18(3)14-16)23-24(28(4)20-8-6-5-7-9-20)26(31)29(25(23)30)22-15-19(27)12-11-17(22)2/h5-15H,1-4H3. The molecule has 0 unspecified atom stereocenters. The number of imide groups is 1. The fourth-order valence-electron chi connectivity index (χ4n) is 3.99. The van der Waals surface area contributed by atoms with Crippen LogP contribution < -0.4 is 9.80 Å². The Bertz CT molecular complexity index is 1230. The third-order valence-corrected chi connectivity index (χ3v) is 5.84. The molecule has 2 amide bonds. The highest BCUT2D eigenvalue weighted by molar-refractivity contribution is 6.46. The average molecular weight is 431 g/mol. The average Bonchev–Trinajstić information content (AvgIpc) is 3.00. The molecule has 1 heterocycles. The molecule has 3 aromatic carbocycles. The lowest BCUT2D eigenvalue weighted by Crippen LogP contribution is -2.34. The summed E-state index contributed by atoms with van der Waals surface area (Å²) in [4.78, 5) is 30.5. The van der Waals surface area contributed by atoms with Crippen LogP contribution in [-0.4, -0.2) is 18.9 Å². The van der Waals surface area contributed by atoms with E-state index in [2.05, 4.69) is 0 Å². The van der Waals surface area contributed by atoms with E-state index in [1.54, 1.807) is 17.0 Å². The Kier molecular flexibility index (Phi) is 5.42. The number of rotatable bonds is 4. The van der Waals surface area contributed by atoms with E-state index in [-0.39, 0.29) is 11.8 Å². The minimum absolute atomic E-state index is 0.347. The first kappa shape index (κ1) is 20.9. The normalized spacial score (nSPS) is 13.9. The van der Waals surface area contributed by atoms with Gasteiger partial charge in [0.1, 0.15) is 5.70 Å². The van der Waals surface area contributed by atoms with E-state index in [9.17, 15) is 9.59 Å². The van der Waals surface area contributed by atoms with Crippen LogP contribution in [0, 0.1) is 20.8 Å². The van der Waals surface area contributed by atoms with Gasteiger partial charge in [-0.1, -0.05) is 59.6 Å². The first-order valence-electron chi connectivity index (χ1n) is 10.0. The molecule has 31 heavy (non-hydrogen) atoms. The van der Waals surface area contributed by atoms with Gasteiger partial charge in [0.05, 0.1) is 11.3 Å².